The maximum Gasteiger partial charge on any atom is 0.336 e. The first-order chi connectivity index (χ1) is 7.47. The van der Waals surface area contributed by atoms with Crippen molar-refractivity contribution < 1.29 is 19.8 Å². The number of aliphatic hydroxyl groups is 1. The lowest BCUT2D eigenvalue weighted by molar-refractivity contribution is 0.0692. The highest BCUT2D eigenvalue weighted by molar-refractivity contribution is 9.10. The fourth-order valence-corrected chi connectivity index (χ4v) is 1.54. The van der Waals surface area contributed by atoms with E-state index in [1.807, 2.05) is 0 Å². The number of halogens is 1. The van der Waals surface area contributed by atoms with E-state index in [-0.39, 0.29) is 23.5 Å². The molecule has 16 heavy (non-hydrogen) atoms. The molecule has 0 aliphatic heterocycles. The van der Waals surface area contributed by atoms with Crippen molar-refractivity contribution in [3.63, 3.8) is 0 Å². The Balaban J connectivity index is 3.28. The van der Waals surface area contributed by atoms with E-state index in [9.17, 15) is 9.59 Å². The zero-order chi connectivity index (χ0) is 12.3. The van der Waals surface area contributed by atoms with Crippen LogP contribution in [0.25, 0.3) is 0 Å². The highest BCUT2D eigenvalue weighted by Crippen LogP contribution is 2.17. The largest absolute Gasteiger partial charge is 0.478 e. The van der Waals surface area contributed by atoms with E-state index in [0.717, 1.165) is 0 Å². The van der Waals surface area contributed by atoms with Crippen LogP contribution in [-0.4, -0.2) is 26.8 Å². The van der Waals surface area contributed by atoms with Crippen LogP contribution in [0.1, 0.15) is 33.2 Å². The minimum absolute atomic E-state index is 0.0807. The third kappa shape index (κ3) is 2.68. The number of alkyl halides is 1. The summed E-state index contributed by atoms with van der Waals surface area (Å²) in [6.07, 6.45) is 0. The molecule has 1 unspecified atom stereocenters. The van der Waals surface area contributed by atoms with Crippen molar-refractivity contribution in [2.24, 2.45) is 0 Å². The molecule has 2 N–H and O–H groups in total. The molecule has 1 rings (SSSR count). The summed E-state index contributed by atoms with van der Waals surface area (Å²) >= 11 is 3.10. The molecule has 1 atom stereocenters. The maximum absolute atomic E-state index is 11.7. The van der Waals surface area contributed by atoms with Crippen LogP contribution in [0, 0.1) is 0 Å². The Hall–Kier alpha value is -1.20. The highest BCUT2D eigenvalue weighted by atomic mass is 79.9. The predicted molar refractivity (Wildman–Crippen MR) is 62.0 cm³/mol. The fraction of sp³-hybridized carbons (Fsp3) is 0.273. The minimum Gasteiger partial charge on any atom is -0.478 e. The molecule has 4 nitrogen and oxygen atoms in total. The topological polar surface area (TPSA) is 74.6 Å². The first-order valence-corrected chi connectivity index (χ1v) is 5.54. The van der Waals surface area contributed by atoms with Gasteiger partial charge >= 0.3 is 5.97 Å². The number of carboxylic acid groups (broad SMARTS) is 1. The van der Waals surface area contributed by atoms with E-state index in [4.69, 9.17) is 10.2 Å². The summed E-state index contributed by atoms with van der Waals surface area (Å²) in [4.78, 5) is 22.2. The number of aliphatic hydroxyl groups excluding tert-OH is 1. The van der Waals surface area contributed by atoms with Gasteiger partial charge in [0.2, 0.25) is 0 Å². The molecular weight excluding hydrogens is 276 g/mol. The minimum atomic E-state index is -1.17. The first kappa shape index (κ1) is 12.9. The van der Waals surface area contributed by atoms with E-state index in [1.165, 1.54) is 18.2 Å². The lowest BCUT2D eigenvalue weighted by Gasteiger charge is -2.08. The van der Waals surface area contributed by atoms with E-state index < -0.39 is 10.8 Å². The lowest BCUT2D eigenvalue weighted by Crippen LogP contribution is -2.15. The van der Waals surface area contributed by atoms with Crippen LogP contribution in [0.15, 0.2) is 18.2 Å². The number of aromatic carboxylic acids is 1. The molecule has 0 amide bonds. The van der Waals surface area contributed by atoms with Crippen molar-refractivity contribution in [3.8, 4) is 0 Å². The second-order valence-corrected chi connectivity index (χ2v) is 4.70. The molecule has 1 aromatic rings. The smallest absolute Gasteiger partial charge is 0.336 e. The molecule has 1 aromatic carbocycles. The number of Topliss-reactive ketones (excluding diaryl/α,β-unsaturated/α-hetero) is 1. The van der Waals surface area contributed by atoms with Gasteiger partial charge in [-0.25, -0.2) is 4.79 Å². The summed E-state index contributed by atoms with van der Waals surface area (Å²) in [5, 5.41) is 17.9. The van der Waals surface area contributed by atoms with Gasteiger partial charge in [0, 0.05) is 5.56 Å². The third-order valence-corrected chi connectivity index (χ3v) is 2.54. The van der Waals surface area contributed by atoms with Crippen LogP contribution in [0.3, 0.4) is 0 Å². The summed E-state index contributed by atoms with van der Waals surface area (Å²) in [7, 11) is 0. The Morgan fingerprint density at radius 1 is 1.38 bits per heavy atom. The summed E-state index contributed by atoms with van der Waals surface area (Å²) in [6.45, 7) is 1.38. The number of ketones is 1. The molecule has 5 heteroatoms. The second-order valence-electron chi connectivity index (χ2n) is 3.32. The van der Waals surface area contributed by atoms with Gasteiger partial charge in [-0.2, -0.15) is 0 Å². The number of benzene rings is 1. The molecule has 0 aromatic heterocycles. The molecule has 86 valence electrons. The molecule has 0 aliphatic rings. The van der Waals surface area contributed by atoms with Crippen LogP contribution < -0.4 is 0 Å². The van der Waals surface area contributed by atoms with Gasteiger partial charge in [-0.15, -0.1) is 0 Å². The Kier molecular flexibility index (Phi) is 4.20. The Labute approximate surface area is 101 Å². The summed E-state index contributed by atoms with van der Waals surface area (Å²) in [6, 6.07) is 4.27. The van der Waals surface area contributed by atoms with Gasteiger partial charge in [-0.1, -0.05) is 28.1 Å². The van der Waals surface area contributed by atoms with Crippen LogP contribution in [0.4, 0.5) is 0 Å². The zero-order valence-electron chi connectivity index (χ0n) is 8.61. The summed E-state index contributed by atoms with van der Waals surface area (Å²) in [5.41, 5.74) is 0.535. The molecule has 0 aliphatic carbocycles. The number of rotatable bonds is 4. The molecule has 0 spiro atoms. The fourth-order valence-electron chi connectivity index (χ4n) is 1.30. The van der Waals surface area contributed by atoms with Crippen LogP contribution in [0.2, 0.25) is 0 Å². The normalized spacial score (nSPS) is 12.2. The summed E-state index contributed by atoms with van der Waals surface area (Å²) in [5.74, 6) is -1.46. The Morgan fingerprint density at radius 3 is 2.44 bits per heavy atom. The van der Waals surface area contributed by atoms with Gasteiger partial charge in [0.05, 0.1) is 17.0 Å². The van der Waals surface area contributed by atoms with Gasteiger partial charge in [-0.05, 0) is 18.6 Å². The van der Waals surface area contributed by atoms with Crippen molar-refractivity contribution >= 4 is 27.7 Å². The molecule has 0 fully saturated rings. The zero-order valence-corrected chi connectivity index (χ0v) is 10.2. The Morgan fingerprint density at radius 2 is 2.00 bits per heavy atom. The van der Waals surface area contributed by atoms with E-state index >= 15 is 0 Å². The Bertz CT molecular complexity index is 426. The predicted octanol–water partition coefficient (Wildman–Crippen LogP) is 1.84. The quantitative estimate of drug-likeness (QED) is 0.654. The highest BCUT2D eigenvalue weighted by Gasteiger charge is 2.19. The molecule has 0 radical (unpaired) electrons. The number of hydrogen-bond acceptors (Lipinski definition) is 3. The second kappa shape index (κ2) is 5.23. The van der Waals surface area contributed by atoms with Crippen LogP contribution in [0.5, 0.6) is 0 Å². The van der Waals surface area contributed by atoms with Crippen molar-refractivity contribution in [1.82, 2.24) is 0 Å². The first-order valence-electron chi connectivity index (χ1n) is 4.62. The van der Waals surface area contributed by atoms with Crippen molar-refractivity contribution in [2.75, 3.05) is 0 Å². The van der Waals surface area contributed by atoms with E-state index in [2.05, 4.69) is 15.9 Å². The van der Waals surface area contributed by atoms with Crippen LogP contribution in [-0.2, 0) is 6.61 Å². The van der Waals surface area contributed by atoms with Crippen molar-refractivity contribution in [1.29, 1.82) is 0 Å². The number of hydrogen-bond donors (Lipinski definition) is 2. The van der Waals surface area contributed by atoms with Gasteiger partial charge in [0.1, 0.15) is 0 Å². The van der Waals surface area contributed by atoms with Crippen molar-refractivity contribution in [2.45, 2.75) is 18.4 Å². The molecule has 0 bridgehead atoms. The molecule has 0 heterocycles. The monoisotopic (exact) mass is 286 g/mol. The number of carboxylic acids is 1. The SMILES string of the molecule is CC(Br)C(=O)c1ccc(CO)cc1C(=O)O. The lowest BCUT2D eigenvalue weighted by atomic mass is 9.99. The van der Waals surface area contributed by atoms with Crippen molar-refractivity contribution in [3.05, 3.63) is 34.9 Å². The van der Waals surface area contributed by atoms with E-state index in [0.29, 0.717) is 5.56 Å². The average molecular weight is 287 g/mol. The number of carbonyl (C=O) groups excluding carboxylic acids is 1. The third-order valence-electron chi connectivity index (χ3n) is 2.12. The average Bonchev–Trinajstić information content (AvgIpc) is 2.26. The molecular formula is C11H11BrO4. The van der Waals surface area contributed by atoms with Gasteiger partial charge in [0.25, 0.3) is 0 Å². The van der Waals surface area contributed by atoms with Gasteiger partial charge in [-0.3, -0.25) is 4.79 Å². The van der Waals surface area contributed by atoms with Gasteiger partial charge in [0.15, 0.2) is 5.78 Å². The molecule has 0 saturated heterocycles. The van der Waals surface area contributed by atoms with Crippen LogP contribution >= 0.6 is 15.9 Å². The maximum atomic E-state index is 11.7. The van der Waals surface area contributed by atoms with Gasteiger partial charge < -0.3 is 10.2 Å². The van der Waals surface area contributed by atoms with E-state index in [1.54, 1.807) is 6.92 Å². The number of carbonyl (C=O) groups is 2. The summed E-state index contributed by atoms with van der Waals surface area (Å²) < 4.78 is 0. The molecule has 0 saturated carbocycles. The standard InChI is InChI=1S/C11H11BrO4/c1-6(12)10(14)8-3-2-7(5-13)4-9(8)11(15)16/h2-4,6,13H,5H2,1H3,(H,15,16).